The maximum Gasteiger partial charge on any atom is 0.292 e. The molecule has 2 amide bonds. The zero-order valence-corrected chi connectivity index (χ0v) is 17.2. The molecule has 1 atom stereocenters. The zero-order chi connectivity index (χ0) is 20.5. The van der Waals surface area contributed by atoms with Crippen LogP contribution in [0.25, 0.3) is 0 Å². The number of halogens is 1. The Morgan fingerprint density at radius 3 is 2.14 bits per heavy atom. The molecule has 2 aliphatic heterocycles. The Labute approximate surface area is 176 Å². The van der Waals surface area contributed by atoms with Crippen LogP contribution in [0.1, 0.15) is 6.42 Å². The molecule has 2 aromatic carbocycles. The second-order valence-electron chi connectivity index (χ2n) is 7.22. The molecule has 150 valence electrons. The summed E-state index contributed by atoms with van der Waals surface area (Å²) in [5.41, 5.74) is 1.61. The number of piperazine rings is 1. The summed E-state index contributed by atoms with van der Waals surface area (Å²) in [6.45, 7) is 2.91. The maximum absolute atomic E-state index is 12.9. The lowest BCUT2D eigenvalue weighted by molar-refractivity contribution is -0.915. The van der Waals surface area contributed by atoms with Gasteiger partial charge in [0.05, 0.1) is 43.2 Å². The van der Waals surface area contributed by atoms with Gasteiger partial charge in [-0.2, -0.15) is 0 Å². The Kier molecular flexibility index (Phi) is 5.33. The summed E-state index contributed by atoms with van der Waals surface area (Å²) in [5.74, 6) is -0.302. The number of nitro groups is 1. The number of nitrogens with one attached hydrogen (secondary N) is 1. The first-order chi connectivity index (χ1) is 13.9. The first kappa shape index (κ1) is 19.5. The molecule has 0 aliphatic carbocycles. The molecule has 4 rings (SSSR count). The van der Waals surface area contributed by atoms with E-state index in [1.165, 1.54) is 17.0 Å². The number of carbonyl (C=O) groups is 2. The molecule has 2 aliphatic rings. The molecule has 1 N–H and O–H groups in total. The number of imide groups is 1. The third kappa shape index (κ3) is 3.88. The van der Waals surface area contributed by atoms with E-state index in [1.807, 2.05) is 12.1 Å². The average molecular weight is 460 g/mol. The number of hydrogen-bond donors (Lipinski definition) is 1. The maximum atomic E-state index is 12.9. The molecule has 8 nitrogen and oxygen atoms in total. The van der Waals surface area contributed by atoms with Crippen LogP contribution in [-0.4, -0.2) is 49.0 Å². The number of benzene rings is 2. The molecule has 0 bridgehead atoms. The Morgan fingerprint density at radius 2 is 1.55 bits per heavy atom. The summed E-state index contributed by atoms with van der Waals surface area (Å²) < 4.78 is 0.893. The summed E-state index contributed by atoms with van der Waals surface area (Å²) in [5, 5.41) is 10.8. The number of nitrogens with zero attached hydrogens (tertiary/aromatic N) is 3. The smallest absolute Gasteiger partial charge is 0.292 e. The van der Waals surface area contributed by atoms with Crippen LogP contribution in [0.4, 0.5) is 17.1 Å². The number of amides is 2. The van der Waals surface area contributed by atoms with Crippen LogP contribution in [-0.2, 0) is 9.59 Å². The van der Waals surface area contributed by atoms with E-state index in [4.69, 9.17) is 0 Å². The number of nitro benzene ring substituents is 1. The highest BCUT2D eigenvalue weighted by Crippen LogP contribution is 2.24. The topological polar surface area (TPSA) is 88.2 Å². The van der Waals surface area contributed by atoms with Gasteiger partial charge in [-0.05, 0) is 36.4 Å². The van der Waals surface area contributed by atoms with E-state index in [1.54, 1.807) is 24.3 Å². The van der Waals surface area contributed by atoms with Gasteiger partial charge < -0.3 is 9.80 Å². The quantitative estimate of drug-likeness (QED) is 0.424. The van der Waals surface area contributed by atoms with Crippen molar-refractivity contribution in [1.29, 1.82) is 0 Å². The van der Waals surface area contributed by atoms with Gasteiger partial charge in [0.2, 0.25) is 5.91 Å². The van der Waals surface area contributed by atoms with Crippen molar-refractivity contribution in [2.75, 3.05) is 36.0 Å². The van der Waals surface area contributed by atoms with Crippen LogP contribution < -0.4 is 14.7 Å². The molecular formula is C20H20BrN4O4+. The van der Waals surface area contributed by atoms with Crippen molar-refractivity contribution >= 4 is 44.8 Å². The fraction of sp³-hybridized carbons (Fsp3) is 0.300. The van der Waals surface area contributed by atoms with E-state index >= 15 is 0 Å². The third-order valence-electron chi connectivity index (χ3n) is 5.56. The number of rotatable bonds is 4. The molecule has 0 aromatic heterocycles. The van der Waals surface area contributed by atoms with Gasteiger partial charge in [0.15, 0.2) is 6.04 Å². The van der Waals surface area contributed by atoms with E-state index in [9.17, 15) is 19.7 Å². The Bertz CT molecular complexity index is 940. The van der Waals surface area contributed by atoms with E-state index < -0.39 is 4.92 Å². The predicted molar refractivity (Wildman–Crippen MR) is 111 cm³/mol. The first-order valence-corrected chi connectivity index (χ1v) is 10.2. The van der Waals surface area contributed by atoms with Crippen LogP contribution in [0.2, 0.25) is 0 Å². The SMILES string of the molecule is O=C1C[C@H]([NH+]2CCN(c3ccc([N+](=O)[O-])cc3)CC2)C(=O)N1c1ccc(Br)cc1. The first-order valence-electron chi connectivity index (χ1n) is 9.40. The van der Waals surface area contributed by atoms with Gasteiger partial charge in [-0.3, -0.25) is 19.7 Å². The summed E-state index contributed by atoms with van der Waals surface area (Å²) in [4.78, 5) is 40.4. The van der Waals surface area contributed by atoms with E-state index in [0.717, 1.165) is 41.2 Å². The van der Waals surface area contributed by atoms with Gasteiger partial charge >= 0.3 is 0 Å². The van der Waals surface area contributed by atoms with Crippen molar-refractivity contribution in [3.8, 4) is 0 Å². The van der Waals surface area contributed by atoms with Crippen molar-refractivity contribution in [1.82, 2.24) is 0 Å². The predicted octanol–water partition coefficient (Wildman–Crippen LogP) is 1.39. The molecule has 29 heavy (non-hydrogen) atoms. The molecule has 2 heterocycles. The molecule has 9 heteroatoms. The van der Waals surface area contributed by atoms with Crippen LogP contribution >= 0.6 is 15.9 Å². The van der Waals surface area contributed by atoms with Crippen LogP contribution in [0, 0.1) is 10.1 Å². The Morgan fingerprint density at radius 1 is 0.966 bits per heavy atom. The van der Waals surface area contributed by atoms with Crippen LogP contribution in [0.15, 0.2) is 53.0 Å². The fourth-order valence-corrected chi connectivity index (χ4v) is 4.26. The van der Waals surface area contributed by atoms with E-state index in [2.05, 4.69) is 20.8 Å². The number of hydrogen-bond acceptors (Lipinski definition) is 5. The van der Waals surface area contributed by atoms with Crippen molar-refractivity contribution in [3.05, 3.63) is 63.1 Å². The average Bonchev–Trinajstić information content (AvgIpc) is 3.03. The van der Waals surface area contributed by atoms with Crippen molar-refractivity contribution in [2.45, 2.75) is 12.5 Å². The molecule has 2 aromatic rings. The third-order valence-corrected chi connectivity index (χ3v) is 6.08. The fourth-order valence-electron chi connectivity index (χ4n) is 4.00. The Balaban J connectivity index is 1.41. The number of quaternary nitrogens is 1. The number of anilines is 2. The van der Waals surface area contributed by atoms with Gasteiger partial charge in [-0.15, -0.1) is 0 Å². The van der Waals surface area contributed by atoms with Crippen molar-refractivity contribution in [3.63, 3.8) is 0 Å². The number of non-ortho nitro benzene ring substituents is 1. The minimum atomic E-state index is -0.411. The number of carbonyl (C=O) groups excluding carboxylic acids is 2. The minimum absolute atomic E-state index is 0.0705. The lowest BCUT2D eigenvalue weighted by Gasteiger charge is -2.35. The zero-order valence-electron chi connectivity index (χ0n) is 15.6. The largest absolute Gasteiger partial charge is 0.360 e. The molecule has 0 spiro atoms. The summed E-state index contributed by atoms with van der Waals surface area (Å²) in [6.07, 6.45) is 0.224. The molecular weight excluding hydrogens is 440 g/mol. The molecule has 2 saturated heterocycles. The lowest BCUT2D eigenvalue weighted by Crippen LogP contribution is -3.19. The molecule has 0 saturated carbocycles. The lowest BCUT2D eigenvalue weighted by atomic mass is 10.1. The highest BCUT2D eigenvalue weighted by atomic mass is 79.9. The van der Waals surface area contributed by atoms with Crippen LogP contribution in [0.5, 0.6) is 0 Å². The molecule has 2 fully saturated rings. The van der Waals surface area contributed by atoms with Gasteiger partial charge in [-0.1, -0.05) is 15.9 Å². The van der Waals surface area contributed by atoms with E-state index in [-0.39, 0.29) is 30.0 Å². The molecule has 0 unspecified atom stereocenters. The summed E-state index contributed by atoms with van der Waals surface area (Å²) in [7, 11) is 0. The van der Waals surface area contributed by atoms with Crippen LogP contribution in [0.3, 0.4) is 0 Å². The normalized spacial score (nSPS) is 20.4. The molecule has 0 radical (unpaired) electrons. The summed E-state index contributed by atoms with van der Waals surface area (Å²) >= 11 is 3.36. The van der Waals surface area contributed by atoms with Gasteiger partial charge in [0.25, 0.3) is 11.6 Å². The second-order valence-corrected chi connectivity index (χ2v) is 8.13. The Hall–Kier alpha value is -2.78. The second kappa shape index (κ2) is 7.92. The highest BCUT2D eigenvalue weighted by Gasteiger charge is 2.46. The standard InChI is InChI=1S/C20H19BrN4O4/c21-14-1-3-16(4-2-14)24-19(26)13-18(20(24)27)23-11-9-22(10-12-23)15-5-7-17(8-6-15)25(28)29/h1-8,18H,9-13H2/p+1/t18-/m0/s1. The summed E-state index contributed by atoms with van der Waals surface area (Å²) in [6, 6.07) is 13.3. The van der Waals surface area contributed by atoms with Gasteiger partial charge in [0.1, 0.15) is 0 Å². The minimum Gasteiger partial charge on any atom is -0.360 e. The van der Waals surface area contributed by atoms with Crippen molar-refractivity contribution < 1.29 is 19.4 Å². The monoisotopic (exact) mass is 459 g/mol. The van der Waals surface area contributed by atoms with Gasteiger partial charge in [-0.25, -0.2) is 4.90 Å². The highest BCUT2D eigenvalue weighted by molar-refractivity contribution is 9.10. The van der Waals surface area contributed by atoms with E-state index in [0.29, 0.717) is 5.69 Å². The van der Waals surface area contributed by atoms with Gasteiger partial charge in [0, 0.05) is 22.3 Å². The van der Waals surface area contributed by atoms with Crippen molar-refractivity contribution in [2.24, 2.45) is 0 Å².